The van der Waals surface area contributed by atoms with E-state index in [2.05, 4.69) is 20.2 Å². The molecule has 2 aromatic heterocycles. The molecular weight excluding hydrogens is 280 g/mol. The number of hydrogen-bond donors (Lipinski definition) is 3. The summed E-state index contributed by atoms with van der Waals surface area (Å²) in [5.74, 6) is 0.481. The largest absolute Gasteiger partial charge is 0.363 e. The van der Waals surface area contributed by atoms with E-state index in [1.807, 2.05) is 6.92 Å². The normalized spacial score (nSPS) is 11.9. The first kappa shape index (κ1) is 14.8. The van der Waals surface area contributed by atoms with Crippen molar-refractivity contribution in [2.45, 2.75) is 31.8 Å². The Morgan fingerprint density at radius 2 is 2.15 bits per heavy atom. The Bertz CT molecular complexity index is 660. The van der Waals surface area contributed by atoms with Crippen molar-refractivity contribution in [1.82, 2.24) is 20.2 Å². The van der Waals surface area contributed by atoms with Gasteiger partial charge in [-0.3, -0.25) is 0 Å². The SMILES string of the molecule is CCNCc1cc(S(=O)(=O)NCc2cc(C)no2)c[nH]1. The van der Waals surface area contributed by atoms with E-state index < -0.39 is 10.0 Å². The van der Waals surface area contributed by atoms with Gasteiger partial charge in [0.05, 0.1) is 17.1 Å². The molecule has 0 spiro atoms. The van der Waals surface area contributed by atoms with Gasteiger partial charge in [-0.25, -0.2) is 13.1 Å². The number of nitrogens with zero attached hydrogens (tertiary/aromatic N) is 1. The van der Waals surface area contributed by atoms with Crippen molar-refractivity contribution in [3.63, 3.8) is 0 Å². The van der Waals surface area contributed by atoms with Gasteiger partial charge in [0, 0.05) is 24.5 Å². The second-order valence-corrected chi connectivity index (χ2v) is 6.17. The van der Waals surface area contributed by atoms with Crippen LogP contribution in [0.25, 0.3) is 0 Å². The smallest absolute Gasteiger partial charge is 0.242 e. The molecule has 0 unspecified atom stereocenters. The van der Waals surface area contributed by atoms with Crippen LogP contribution >= 0.6 is 0 Å². The van der Waals surface area contributed by atoms with Crippen molar-refractivity contribution >= 4 is 10.0 Å². The highest BCUT2D eigenvalue weighted by atomic mass is 32.2. The molecule has 20 heavy (non-hydrogen) atoms. The number of nitrogens with one attached hydrogen (secondary N) is 3. The number of H-pyrrole nitrogens is 1. The molecule has 0 aliphatic rings. The topological polar surface area (TPSA) is 100 Å². The molecule has 0 amide bonds. The predicted octanol–water partition coefficient (Wildman–Crippen LogP) is 0.899. The number of aryl methyl sites for hydroxylation is 1. The number of aromatic amines is 1. The van der Waals surface area contributed by atoms with Crippen LogP contribution < -0.4 is 10.0 Å². The molecule has 2 aromatic rings. The highest BCUT2D eigenvalue weighted by Gasteiger charge is 2.16. The van der Waals surface area contributed by atoms with Crippen LogP contribution in [0.15, 0.2) is 27.7 Å². The zero-order chi connectivity index (χ0) is 14.6. The third-order valence-electron chi connectivity index (χ3n) is 2.71. The maximum atomic E-state index is 12.1. The van der Waals surface area contributed by atoms with Gasteiger partial charge in [-0.15, -0.1) is 0 Å². The van der Waals surface area contributed by atoms with E-state index in [0.29, 0.717) is 18.0 Å². The Morgan fingerprint density at radius 3 is 2.80 bits per heavy atom. The summed E-state index contributed by atoms with van der Waals surface area (Å²) in [5.41, 5.74) is 1.54. The van der Waals surface area contributed by atoms with Gasteiger partial charge in [0.25, 0.3) is 0 Å². The van der Waals surface area contributed by atoms with E-state index in [1.54, 1.807) is 19.1 Å². The molecule has 2 heterocycles. The lowest BCUT2D eigenvalue weighted by Crippen LogP contribution is -2.22. The van der Waals surface area contributed by atoms with Gasteiger partial charge in [-0.05, 0) is 19.5 Å². The number of aromatic nitrogens is 2. The Kier molecular flexibility index (Phi) is 4.58. The first-order chi connectivity index (χ1) is 9.51. The lowest BCUT2D eigenvalue weighted by atomic mass is 10.4. The van der Waals surface area contributed by atoms with Crippen LogP contribution in [0, 0.1) is 6.92 Å². The van der Waals surface area contributed by atoms with Crippen LogP contribution in [-0.4, -0.2) is 25.1 Å². The Balaban J connectivity index is 2.00. The minimum atomic E-state index is -3.55. The monoisotopic (exact) mass is 298 g/mol. The average molecular weight is 298 g/mol. The lowest BCUT2D eigenvalue weighted by Gasteiger charge is -2.01. The Morgan fingerprint density at radius 1 is 1.35 bits per heavy atom. The molecule has 7 nitrogen and oxygen atoms in total. The first-order valence-corrected chi connectivity index (χ1v) is 7.79. The summed E-state index contributed by atoms with van der Waals surface area (Å²) in [6, 6.07) is 3.30. The van der Waals surface area contributed by atoms with Crippen LogP contribution in [0.5, 0.6) is 0 Å². The summed E-state index contributed by atoms with van der Waals surface area (Å²) in [6.45, 7) is 5.27. The summed E-state index contributed by atoms with van der Waals surface area (Å²) >= 11 is 0. The summed E-state index contributed by atoms with van der Waals surface area (Å²) in [6.07, 6.45) is 1.47. The molecule has 0 fully saturated rings. The fourth-order valence-electron chi connectivity index (χ4n) is 1.68. The molecule has 0 radical (unpaired) electrons. The Labute approximate surface area is 117 Å². The number of rotatable bonds is 7. The zero-order valence-electron chi connectivity index (χ0n) is 11.4. The van der Waals surface area contributed by atoms with Gasteiger partial charge in [0.2, 0.25) is 10.0 Å². The van der Waals surface area contributed by atoms with Crippen molar-refractivity contribution in [2.75, 3.05) is 6.54 Å². The highest BCUT2D eigenvalue weighted by molar-refractivity contribution is 7.89. The van der Waals surface area contributed by atoms with E-state index >= 15 is 0 Å². The molecule has 0 atom stereocenters. The van der Waals surface area contributed by atoms with E-state index in [1.165, 1.54) is 6.20 Å². The van der Waals surface area contributed by atoms with Crippen molar-refractivity contribution in [1.29, 1.82) is 0 Å². The van der Waals surface area contributed by atoms with Gasteiger partial charge in [0.15, 0.2) is 5.76 Å². The van der Waals surface area contributed by atoms with Crippen LogP contribution in [0.3, 0.4) is 0 Å². The second kappa shape index (κ2) is 6.21. The van der Waals surface area contributed by atoms with Crippen LogP contribution in [-0.2, 0) is 23.1 Å². The summed E-state index contributed by atoms with van der Waals surface area (Å²) in [5, 5.41) is 6.82. The minimum absolute atomic E-state index is 0.0803. The van der Waals surface area contributed by atoms with Crippen molar-refractivity contribution in [3.05, 3.63) is 35.5 Å². The molecular formula is C12H18N4O3S. The first-order valence-electron chi connectivity index (χ1n) is 6.31. The molecule has 3 N–H and O–H groups in total. The van der Waals surface area contributed by atoms with Gasteiger partial charge in [0.1, 0.15) is 0 Å². The van der Waals surface area contributed by atoms with Gasteiger partial charge < -0.3 is 14.8 Å². The molecule has 0 aliphatic carbocycles. The van der Waals surface area contributed by atoms with Crippen molar-refractivity contribution in [3.8, 4) is 0 Å². The van der Waals surface area contributed by atoms with Crippen molar-refractivity contribution < 1.29 is 12.9 Å². The maximum absolute atomic E-state index is 12.1. The zero-order valence-corrected chi connectivity index (χ0v) is 12.3. The molecule has 0 saturated heterocycles. The number of hydrogen-bond acceptors (Lipinski definition) is 5. The maximum Gasteiger partial charge on any atom is 0.242 e. The van der Waals surface area contributed by atoms with Crippen LogP contribution in [0.2, 0.25) is 0 Å². The fourth-order valence-corrected chi connectivity index (χ4v) is 2.70. The fraction of sp³-hybridized carbons (Fsp3) is 0.417. The molecule has 0 saturated carbocycles. The third-order valence-corrected chi connectivity index (χ3v) is 4.09. The quantitative estimate of drug-likeness (QED) is 0.705. The highest BCUT2D eigenvalue weighted by Crippen LogP contribution is 2.11. The molecule has 8 heteroatoms. The Hall–Kier alpha value is -1.64. The van der Waals surface area contributed by atoms with Gasteiger partial charge in [-0.1, -0.05) is 12.1 Å². The second-order valence-electron chi connectivity index (χ2n) is 4.40. The standard InChI is InChI=1S/C12H18N4O3S/c1-3-13-6-10-5-12(8-14-10)20(17,18)15-7-11-4-9(2)16-19-11/h4-5,8,13-15H,3,6-7H2,1-2H3. The van der Waals surface area contributed by atoms with E-state index in [4.69, 9.17) is 4.52 Å². The molecule has 0 aliphatic heterocycles. The van der Waals surface area contributed by atoms with E-state index in [0.717, 1.165) is 12.2 Å². The van der Waals surface area contributed by atoms with Gasteiger partial charge in [-0.2, -0.15) is 0 Å². The summed E-state index contributed by atoms with van der Waals surface area (Å²) in [7, 11) is -3.55. The number of sulfonamides is 1. The molecule has 0 aromatic carbocycles. The molecule has 110 valence electrons. The minimum Gasteiger partial charge on any atom is -0.363 e. The average Bonchev–Trinajstić information content (AvgIpc) is 3.03. The third kappa shape index (κ3) is 3.69. The van der Waals surface area contributed by atoms with E-state index in [9.17, 15) is 8.42 Å². The molecule has 2 rings (SSSR count). The van der Waals surface area contributed by atoms with Crippen LogP contribution in [0.1, 0.15) is 24.1 Å². The van der Waals surface area contributed by atoms with Crippen molar-refractivity contribution in [2.24, 2.45) is 0 Å². The van der Waals surface area contributed by atoms with Gasteiger partial charge >= 0.3 is 0 Å². The predicted molar refractivity (Wildman–Crippen MR) is 73.4 cm³/mol. The van der Waals surface area contributed by atoms with E-state index in [-0.39, 0.29) is 11.4 Å². The van der Waals surface area contributed by atoms with Crippen LogP contribution in [0.4, 0.5) is 0 Å². The summed E-state index contributed by atoms with van der Waals surface area (Å²) in [4.78, 5) is 3.14. The molecule has 0 bridgehead atoms. The summed E-state index contributed by atoms with van der Waals surface area (Å²) < 4.78 is 31.6. The lowest BCUT2D eigenvalue weighted by molar-refractivity contribution is 0.377.